The minimum atomic E-state index is -2.08. The van der Waals surface area contributed by atoms with E-state index in [1.165, 1.54) is 15.2 Å². The van der Waals surface area contributed by atoms with Crippen molar-refractivity contribution in [3.63, 3.8) is 0 Å². The van der Waals surface area contributed by atoms with Crippen molar-refractivity contribution in [2.24, 2.45) is 0 Å². The maximum atomic E-state index is 13.0. The second-order valence-corrected chi connectivity index (χ2v) is 15.7. The van der Waals surface area contributed by atoms with E-state index in [2.05, 4.69) is 71.9 Å². The fraction of sp³-hybridized carbons (Fsp3) is 0.444. The van der Waals surface area contributed by atoms with Crippen molar-refractivity contribution in [1.82, 2.24) is 0 Å². The fourth-order valence-corrected chi connectivity index (χ4v) is 7.56. The molecule has 2 aromatic rings. The summed E-state index contributed by atoms with van der Waals surface area (Å²) in [5.74, 6) is 0. The molecule has 0 spiro atoms. The predicted molar refractivity (Wildman–Crippen MR) is 94.8 cm³/mol. The molecular weight excluding hydrogens is 390 g/mol. The van der Waals surface area contributed by atoms with Gasteiger partial charge in [-0.3, -0.25) is 0 Å². The van der Waals surface area contributed by atoms with Gasteiger partial charge in [0.05, 0.1) is 0 Å². The van der Waals surface area contributed by atoms with Crippen molar-refractivity contribution >= 4 is 48.5 Å². The molecule has 114 valence electrons. The van der Waals surface area contributed by atoms with E-state index in [0.717, 1.165) is 4.46 Å². The van der Waals surface area contributed by atoms with Gasteiger partial charge in [-0.25, -0.2) is 0 Å². The van der Waals surface area contributed by atoms with Gasteiger partial charge in [0.1, 0.15) is 0 Å². The molecule has 2 aromatic carbocycles. The fourth-order valence-electron chi connectivity index (χ4n) is 2.17. The summed E-state index contributed by atoms with van der Waals surface area (Å²) < 4.78 is 15.6. The van der Waals surface area contributed by atoms with Gasteiger partial charge in [0.15, 0.2) is 0 Å². The summed E-state index contributed by atoms with van der Waals surface area (Å²) in [5.41, 5.74) is 0. The molecule has 0 saturated carbocycles. The monoisotopic (exact) mass is 416 g/mol. The number of hydrogen-bond donors (Lipinski definition) is 0. The zero-order valence-electron chi connectivity index (χ0n) is 13.7. The number of benzene rings is 2. The molecule has 0 aromatic heterocycles. The molecule has 3 heteroatoms. The summed E-state index contributed by atoms with van der Waals surface area (Å²) in [6, 6.07) is 12.8. The molecule has 0 bridgehead atoms. The van der Waals surface area contributed by atoms with Crippen molar-refractivity contribution in [2.75, 3.05) is 0 Å². The van der Waals surface area contributed by atoms with Crippen LogP contribution in [0.25, 0.3) is 10.8 Å². The van der Waals surface area contributed by atoms with Gasteiger partial charge >= 0.3 is 139 Å². The molecule has 0 amide bonds. The molecule has 0 saturated heterocycles. The van der Waals surface area contributed by atoms with E-state index in [1.807, 2.05) is 6.07 Å². The van der Waals surface area contributed by atoms with Crippen molar-refractivity contribution < 1.29 is 3.83 Å². The van der Waals surface area contributed by atoms with Crippen LogP contribution in [0.15, 0.2) is 36.4 Å². The number of hydrogen-bond acceptors (Lipinski definition) is 1. The Morgan fingerprint density at radius 1 is 0.905 bits per heavy atom. The van der Waals surface area contributed by atoms with Gasteiger partial charge in [0, 0.05) is 0 Å². The van der Waals surface area contributed by atoms with E-state index in [0.29, 0.717) is 15.0 Å². The van der Waals surface area contributed by atoms with Crippen LogP contribution in [-0.2, 0) is 3.83 Å². The molecule has 0 fully saturated rings. The molecule has 0 N–H and O–H groups in total. The standard InChI is InChI=1S/C18H24OSe2/c1-17(2,3)20-14-11-7-9-13-10-8-12-15(16(13)14)21(19)18(4,5)6/h7-12H,1-6H3. The van der Waals surface area contributed by atoms with Crippen molar-refractivity contribution in [1.29, 1.82) is 0 Å². The second-order valence-electron chi connectivity index (χ2n) is 7.21. The SMILES string of the molecule is CC(C)(C)[Se]c1cccc2cccc([Se](=O)C(C)(C)C)c12. The van der Waals surface area contributed by atoms with E-state index in [-0.39, 0.29) is 8.63 Å². The number of rotatable bonds is 2. The molecule has 0 aliphatic heterocycles. The minimum absolute atomic E-state index is 0.143. The van der Waals surface area contributed by atoms with E-state index < -0.39 is 13.8 Å². The Labute approximate surface area is 138 Å². The number of fused-ring (bicyclic) bond motifs is 1. The molecule has 0 aliphatic carbocycles. The van der Waals surface area contributed by atoms with Gasteiger partial charge < -0.3 is 0 Å². The van der Waals surface area contributed by atoms with Crippen LogP contribution in [0.5, 0.6) is 0 Å². The van der Waals surface area contributed by atoms with Crippen molar-refractivity contribution in [3.05, 3.63) is 36.4 Å². The Morgan fingerprint density at radius 3 is 2.00 bits per heavy atom. The molecule has 0 radical (unpaired) electrons. The average molecular weight is 414 g/mol. The summed E-state index contributed by atoms with van der Waals surface area (Å²) in [5, 5.41) is 2.48. The van der Waals surface area contributed by atoms with Gasteiger partial charge in [0.25, 0.3) is 0 Å². The molecule has 1 unspecified atom stereocenters. The van der Waals surface area contributed by atoms with E-state index in [9.17, 15) is 3.83 Å². The van der Waals surface area contributed by atoms with Gasteiger partial charge in [-0.05, 0) is 0 Å². The van der Waals surface area contributed by atoms with Crippen LogP contribution in [0.3, 0.4) is 0 Å². The van der Waals surface area contributed by atoms with Gasteiger partial charge in [-0.2, -0.15) is 0 Å². The molecule has 0 heterocycles. The van der Waals surface area contributed by atoms with E-state index in [1.54, 1.807) is 0 Å². The Kier molecular flexibility index (Phi) is 4.80. The van der Waals surface area contributed by atoms with Crippen molar-refractivity contribution in [3.8, 4) is 0 Å². The molecular formula is C18H24OSe2. The zero-order chi connectivity index (χ0) is 15.8. The second kappa shape index (κ2) is 5.97. The topological polar surface area (TPSA) is 17.1 Å². The quantitative estimate of drug-likeness (QED) is 0.683. The van der Waals surface area contributed by atoms with Crippen molar-refractivity contribution in [2.45, 2.75) is 50.2 Å². The van der Waals surface area contributed by atoms with Crippen LogP contribution in [0.4, 0.5) is 0 Å². The third-order valence-electron chi connectivity index (χ3n) is 3.00. The summed E-state index contributed by atoms with van der Waals surface area (Å²) in [7, 11) is 0. The average Bonchev–Trinajstić information content (AvgIpc) is 2.34. The molecule has 1 nitrogen and oxygen atoms in total. The summed E-state index contributed by atoms with van der Waals surface area (Å²) in [6.07, 6.45) is 0. The summed E-state index contributed by atoms with van der Waals surface area (Å²) >= 11 is -1.71. The van der Waals surface area contributed by atoms with Crippen LogP contribution in [0, 0.1) is 0 Å². The molecule has 21 heavy (non-hydrogen) atoms. The summed E-state index contributed by atoms with van der Waals surface area (Å²) in [6.45, 7) is 13.1. The molecule has 0 aliphatic rings. The van der Waals surface area contributed by atoms with E-state index >= 15 is 0 Å². The van der Waals surface area contributed by atoms with Crippen LogP contribution >= 0.6 is 0 Å². The molecule has 1 atom stereocenters. The van der Waals surface area contributed by atoms with Crippen LogP contribution in [0.2, 0.25) is 8.63 Å². The Hall–Kier alpha value is -0.461. The first-order valence-electron chi connectivity index (χ1n) is 7.22. The zero-order valence-corrected chi connectivity index (χ0v) is 17.1. The Morgan fingerprint density at radius 2 is 1.48 bits per heavy atom. The van der Waals surface area contributed by atoms with Gasteiger partial charge in [0.2, 0.25) is 0 Å². The van der Waals surface area contributed by atoms with E-state index in [4.69, 9.17) is 0 Å². The molecule has 2 rings (SSSR count). The van der Waals surface area contributed by atoms with Crippen LogP contribution in [0.1, 0.15) is 41.5 Å². The normalized spacial score (nSPS) is 14.4. The third-order valence-corrected chi connectivity index (χ3v) is 9.35. The first-order valence-corrected chi connectivity index (χ1v) is 11.3. The van der Waals surface area contributed by atoms with Crippen LogP contribution < -0.4 is 8.92 Å². The van der Waals surface area contributed by atoms with Gasteiger partial charge in [-0.15, -0.1) is 0 Å². The maximum absolute atomic E-state index is 13.0. The Balaban J connectivity index is 2.70. The van der Waals surface area contributed by atoms with Crippen LogP contribution in [-0.4, -0.2) is 28.8 Å². The first kappa shape index (κ1) is 16.9. The third kappa shape index (κ3) is 4.05. The van der Waals surface area contributed by atoms with Gasteiger partial charge in [-0.1, -0.05) is 0 Å². The summed E-state index contributed by atoms with van der Waals surface area (Å²) in [4.78, 5) is 0. The first-order chi connectivity index (χ1) is 9.59. The Bertz CT molecular complexity index is 670. The predicted octanol–water partition coefficient (Wildman–Crippen LogP) is 3.82.